The minimum absolute atomic E-state index is 0.00157. The Morgan fingerprint density at radius 3 is 2.62 bits per heavy atom. The Bertz CT molecular complexity index is 1250. The molecule has 1 aliphatic rings. The zero-order valence-corrected chi connectivity index (χ0v) is 18.5. The van der Waals surface area contributed by atoms with Gasteiger partial charge < -0.3 is 14.8 Å². The lowest BCUT2D eigenvalue weighted by Crippen LogP contribution is -2.27. The van der Waals surface area contributed by atoms with E-state index in [4.69, 9.17) is 9.47 Å². The fourth-order valence-electron chi connectivity index (χ4n) is 3.60. The number of cyclic esters (lactones) is 1. The van der Waals surface area contributed by atoms with Crippen LogP contribution in [0.2, 0.25) is 0 Å². The molecule has 0 saturated heterocycles. The van der Waals surface area contributed by atoms with Crippen molar-refractivity contribution in [3.8, 4) is 0 Å². The van der Waals surface area contributed by atoms with Crippen LogP contribution in [0.15, 0.2) is 42.6 Å². The molecular weight excluding hydrogens is 413 g/mol. The molecule has 2 aromatic carbocycles. The smallest absolute Gasteiger partial charge is 0.412 e. The average Bonchev–Trinajstić information content (AvgIpc) is 2.91. The van der Waals surface area contributed by atoms with Gasteiger partial charge >= 0.3 is 12.1 Å². The van der Waals surface area contributed by atoms with E-state index in [2.05, 4.69) is 15.6 Å². The predicted molar refractivity (Wildman–Crippen MR) is 120 cm³/mol. The summed E-state index contributed by atoms with van der Waals surface area (Å²) in [5.41, 5.74) is 0.628. The number of amides is 1. The van der Waals surface area contributed by atoms with E-state index in [1.54, 1.807) is 39.0 Å². The maximum atomic E-state index is 14.4. The van der Waals surface area contributed by atoms with Gasteiger partial charge in [0.15, 0.2) is 0 Å². The summed E-state index contributed by atoms with van der Waals surface area (Å²) in [4.78, 5) is 28.6. The maximum Gasteiger partial charge on any atom is 0.412 e. The SMILES string of the molecule is CC(C)(C)OC(=O)Nc1c(F)ccc2cc(Nc3ccc4c(c3)C(=O)OC4(C)C)ncc12. The summed E-state index contributed by atoms with van der Waals surface area (Å²) in [5, 5.41) is 6.72. The van der Waals surface area contributed by atoms with Gasteiger partial charge in [0.2, 0.25) is 0 Å². The van der Waals surface area contributed by atoms with Crippen molar-refractivity contribution in [1.29, 1.82) is 0 Å². The van der Waals surface area contributed by atoms with Gasteiger partial charge in [-0.2, -0.15) is 0 Å². The van der Waals surface area contributed by atoms with Gasteiger partial charge in [-0.05, 0) is 64.3 Å². The maximum absolute atomic E-state index is 14.4. The van der Waals surface area contributed by atoms with Crippen molar-refractivity contribution in [3.63, 3.8) is 0 Å². The van der Waals surface area contributed by atoms with E-state index < -0.39 is 23.1 Å². The van der Waals surface area contributed by atoms with E-state index in [-0.39, 0.29) is 11.7 Å². The summed E-state index contributed by atoms with van der Waals surface area (Å²) < 4.78 is 25.1. The van der Waals surface area contributed by atoms with E-state index >= 15 is 0 Å². The van der Waals surface area contributed by atoms with Gasteiger partial charge in [0.1, 0.15) is 22.8 Å². The Labute approximate surface area is 184 Å². The molecule has 0 bridgehead atoms. The molecular formula is C24H24FN3O4. The molecule has 2 N–H and O–H groups in total. The molecule has 3 aromatic rings. The Morgan fingerprint density at radius 2 is 1.91 bits per heavy atom. The lowest BCUT2D eigenvalue weighted by molar-refractivity contribution is 0.00952. The van der Waals surface area contributed by atoms with E-state index in [0.29, 0.717) is 27.8 Å². The number of ether oxygens (including phenoxy) is 2. The molecule has 1 aliphatic heterocycles. The normalized spacial score (nSPS) is 14.6. The van der Waals surface area contributed by atoms with Crippen LogP contribution in [0.3, 0.4) is 0 Å². The molecule has 1 amide bonds. The first-order chi connectivity index (χ1) is 14.9. The number of anilines is 3. The molecule has 0 fully saturated rings. The molecule has 2 heterocycles. The number of fused-ring (bicyclic) bond motifs is 2. The number of nitrogens with zero attached hydrogens (tertiary/aromatic N) is 1. The van der Waals surface area contributed by atoms with Crippen LogP contribution in [0.1, 0.15) is 50.5 Å². The van der Waals surface area contributed by atoms with Crippen molar-refractivity contribution in [3.05, 3.63) is 59.5 Å². The predicted octanol–water partition coefficient (Wildman–Crippen LogP) is 5.87. The third kappa shape index (κ3) is 4.21. The van der Waals surface area contributed by atoms with E-state index in [1.807, 2.05) is 26.0 Å². The van der Waals surface area contributed by atoms with Crippen LogP contribution in [-0.2, 0) is 15.1 Å². The first kappa shape index (κ1) is 21.5. The number of benzene rings is 2. The summed E-state index contributed by atoms with van der Waals surface area (Å²) in [6.07, 6.45) is 0.720. The second-order valence-corrected chi connectivity index (χ2v) is 9.13. The van der Waals surface area contributed by atoms with E-state index in [9.17, 15) is 14.0 Å². The third-order valence-corrected chi connectivity index (χ3v) is 4.99. The monoisotopic (exact) mass is 437 g/mol. The molecule has 0 spiro atoms. The first-order valence-electron chi connectivity index (χ1n) is 10.2. The number of carbonyl (C=O) groups is 2. The molecule has 0 unspecified atom stereocenters. The number of esters is 1. The number of pyridine rings is 1. The molecule has 0 aliphatic carbocycles. The quantitative estimate of drug-likeness (QED) is 0.498. The number of nitrogens with one attached hydrogen (secondary N) is 2. The zero-order chi connectivity index (χ0) is 23.3. The number of halogens is 1. The van der Waals surface area contributed by atoms with E-state index in [1.165, 1.54) is 12.3 Å². The Morgan fingerprint density at radius 1 is 1.16 bits per heavy atom. The van der Waals surface area contributed by atoms with Gasteiger partial charge in [-0.3, -0.25) is 5.32 Å². The van der Waals surface area contributed by atoms with Crippen LogP contribution < -0.4 is 10.6 Å². The van der Waals surface area contributed by atoms with Gasteiger partial charge in [-0.25, -0.2) is 19.0 Å². The van der Waals surface area contributed by atoms with Crippen LogP contribution in [-0.4, -0.2) is 22.6 Å². The summed E-state index contributed by atoms with van der Waals surface area (Å²) >= 11 is 0. The van der Waals surface area contributed by atoms with Crippen LogP contribution in [0, 0.1) is 5.82 Å². The highest BCUT2D eigenvalue weighted by Gasteiger charge is 2.37. The Kier molecular flexibility index (Phi) is 5.03. The number of carbonyl (C=O) groups excluding carboxylic acids is 2. The van der Waals surface area contributed by atoms with Crippen LogP contribution in [0.25, 0.3) is 10.8 Å². The van der Waals surface area contributed by atoms with Crippen molar-refractivity contribution in [2.24, 2.45) is 0 Å². The fourth-order valence-corrected chi connectivity index (χ4v) is 3.60. The van der Waals surface area contributed by atoms with Gasteiger partial charge in [-0.1, -0.05) is 12.1 Å². The number of hydrogen-bond acceptors (Lipinski definition) is 6. The van der Waals surface area contributed by atoms with Crippen molar-refractivity contribution in [1.82, 2.24) is 4.98 Å². The molecule has 32 heavy (non-hydrogen) atoms. The van der Waals surface area contributed by atoms with Gasteiger partial charge in [0.25, 0.3) is 0 Å². The molecule has 0 saturated carbocycles. The standard InChI is InChI=1S/C24H24FN3O4/c1-23(2,3)32-22(30)28-20-16-12-26-19(10-13(16)6-9-18(20)25)27-14-7-8-17-15(11-14)21(29)31-24(17,4)5/h6-12H,1-5H3,(H,26,27)(H,28,30). The van der Waals surface area contributed by atoms with Gasteiger partial charge in [-0.15, -0.1) is 0 Å². The van der Waals surface area contributed by atoms with Gasteiger partial charge in [0.05, 0.1) is 11.3 Å². The summed E-state index contributed by atoms with van der Waals surface area (Å²) in [6.45, 7) is 8.87. The molecule has 4 rings (SSSR count). The molecule has 1 aromatic heterocycles. The highest BCUT2D eigenvalue weighted by atomic mass is 19.1. The molecule has 166 valence electrons. The Balaban J connectivity index is 1.61. The highest BCUT2D eigenvalue weighted by Crippen LogP contribution is 2.37. The molecule has 7 nitrogen and oxygen atoms in total. The highest BCUT2D eigenvalue weighted by molar-refractivity contribution is 6.01. The van der Waals surface area contributed by atoms with Crippen molar-refractivity contribution >= 4 is 40.0 Å². The average molecular weight is 437 g/mol. The van der Waals surface area contributed by atoms with Gasteiger partial charge in [0, 0.05) is 22.8 Å². The minimum Gasteiger partial charge on any atom is -0.451 e. The second kappa shape index (κ2) is 7.47. The largest absolute Gasteiger partial charge is 0.451 e. The molecule has 0 radical (unpaired) electrons. The first-order valence-corrected chi connectivity index (χ1v) is 10.2. The summed E-state index contributed by atoms with van der Waals surface area (Å²) in [6, 6.07) is 10.0. The van der Waals surface area contributed by atoms with Crippen molar-refractivity contribution in [2.75, 3.05) is 10.6 Å². The second-order valence-electron chi connectivity index (χ2n) is 9.13. The van der Waals surface area contributed by atoms with Crippen LogP contribution in [0.5, 0.6) is 0 Å². The summed E-state index contributed by atoms with van der Waals surface area (Å²) in [5.74, 6) is -0.461. The summed E-state index contributed by atoms with van der Waals surface area (Å²) in [7, 11) is 0. The topological polar surface area (TPSA) is 89.6 Å². The Hall–Kier alpha value is -3.68. The fraction of sp³-hybridized carbons (Fsp3) is 0.292. The van der Waals surface area contributed by atoms with Crippen molar-refractivity contribution < 1.29 is 23.5 Å². The number of rotatable bonds is 3. The minimum atomic E-state index is -0.751. The number of aromatic nitrogens is 1. The lowest BCUT2D eigenvalue weighted by Gasteiger charge is -2.20. The zero-order valence-electron chi connectivity index (χ0n) is 18.5. The third-order valence-electron chi connectivity index (χ3n) is 4.99. The van der Waals surface area contributed by atoms with Crippen LogP contribution in [0.4, 0.5) is 26.4 Å². The lowest BCUT2D eigenvalue weighted by atomic mass is 9.96. The molecule has 8 heteroatoms. The van der Waals surface area contributed by atoms with E-state index in [0.717, 1.165) is 5.56 Å². The van der Waals surface area contributed by atoms with Crippen LogP contribution >= 0.6 is 0 Å². The molecule has 0 atom stereocenters. The number of hydrogen-bond donors (Lipinski definition) is 2. The van der Waals surface area contributed by atoms with Crippen molar-refractivity contribution in [2.45, 2.75) is 45.8 Å².